The number of hydrogen-bond donors (Lipinski definition) is 1. The maximum atomic E-state index is 12.2. The standard InChI is InChI=1S/C16H27BrN2O3S/c1-12(14-10-13(17)11-23-14)18-6-7-19(8-9-21-5)15(20)22-16(2,3)4/h10-12,18H,6-9H2,1-5H3. The number of methoxy groups -OCH3 is 1. The van der Waals surface area contributed by atoms with Gasteiger partial charge in [-0.1, -0.05) is 0 Å². The third-order valence-electron chi connectivity index (χ3n) is 3.06. The van der Waals surface area contributed by atoms with Crippen molar-refractivity contribution >= 4 is 33.4 Å². The number of hydrogen-bond acceptors (Lipinski definition) is 5. The zero-order chi connectivity index (χ0) is 17.5. The predicted molar refractivity (Wildman–Crippen MR) is 98.1 cm³/mol. The molecule has 0 saturated carbocycles. The minimum atomic E-state index is -0.494. The molecule has 1 unspecified atom stereocenters. The lowest BCUT2D eigenvalue weighted by molar-refractivity contribution is 0.0203. The van der Waals surface area contributed by atoms with Crippen molar-refractivity contribution in [2.24, 2.45) is 0 Å². The van der Waals surface area contributed by atoms with Crippen LogP contribution in [0.5, 0.6) is 0 Å². The number of halogens is 1. The van der Waals surface area contributed by atoms with Crippen LogP contribution in [-0.2, 0) is 9.47 Å². The monoisotopic (exact) mass is 406 g/mol. The maximum Gasteiger partial charge on any atom is 0.410 e. The average molecular weight is 407 g/mol. The van der Waals surface area contributed by atoms with Crippen LogP contribution in [0.3, 0.4) is 0 Å². The molecule has 1 amide bonds. The first kappa shape index (κ1) is 20.4. The number of thiophene rings is 1. The second-order valence-corrected chi connectivity index (χ2v) is 8.16. The maximum absolute atomic E-state index is 12.2. The van der Waals surface area contributed by atoms with Gasteiger partial charge in [0.2, 0.25) is 0 Å². The molecule has 0 fully saturated rings. The van der Waals surface area contributed by atoms with E-state index in [1.807, 2.05) is 20.8 Å². The van der Waals surface area contributed by atoms with Gasteiger partial charge >= 0.3 is 6.09 Å². The molecule has 1 heterocycles. The van der Waals surface area contributed by atoms with Crippen LogP contribution in [0.25, 0.3) is 0 Å². The second-order valence-electron chi connectivity index (χ2n) is 6.30. The van der Waals surface area contributed by atoms with Crippen LogP contribution in [0.2, 0.25) is 0 Å². The Morgan fingerprint density at radius 1 is 1.43 bits per heavy atom. The van der Waals surface area contributed by atoms with E-state index in [2.05, 4.69) is 39.6 Å². The quantitative estimate of drug-likeness (QED) is 0.707. The SMILES string of the molecule is COCCN(CCNC(C)c1cc(Br)cs1)C(=O)OC(C)(C)C. The highest BCUT2D eigenvalue weighted by atomic mass is 79.9. The van der Waals surface area contributed by atoms with Gasteiger partial charge in [0.1, 0.15) is 5.60 Å². The number of rotatable bonds is 8. The summed E-state index contributed by atoms with van der Waals surface area (Å²) in [5, 5.41) is 5.50. The summed E-state index contributed by atoms with van der Waals surface area (Å²) in [6.07, 6.45) is -0.303. The predicted octanol–water partition coefficient (Wildman–Crippen LogP) is 4.04. The number of nitrogens with zero attached hydrogens (tertiary/aromatic N) is 1. The molecule has 5 nitrogen and oxygen atoms in total. The Morgan fingerprint density at radius 3 is 2.65 bits per heavy atom. The summed E-state index contributed by atoms with van der Waals surface area (Å²) in [4.78, 5) is 15.2. The van der Waals surface area contributed by atoms with E-state index in [1.165, 1.54) is 4.88 Å². The Hall–Kier alpha value is -0.630. The molecule has 1 rings (SSSR count). The Bertz CT molecular complexity index is 488. The number of carbonyl (C=O) groups excluding carboxylic acids is 1. The molecular formula is C16H27BrN2O3S. The van der Waals surface area contributed by atoms with Crippen molar-refractivity contribution in [3.8, 4) is 0 Å². The lowest BCUT2D eigenvalue weighted by atomic mass is 10.2. The summed E-state index contributed by atoms with van der Waals surface area (Å²) in [7, 11) is 1.63. The molecular weight excluding hydrogens is 380 g/mol. The van der Waals surface area contributed by atoms with Crippen molar-refractivity contribution in [2.45, 2.75) is 39.3 Å². The molecule has 132 valence electrons. The third-order valence-corrected chi connectivity index (χ3v) is 4.94. The van der Waals surface area contributed by atoms with Crippen LogP contribution in [0, 0.1) is 0 Å². The molecule has 0 bridgehead atoms. The summed E-state index contributed by atoms with van der Waals surface area (Å²) in [6, 6.07) is 2.35. The van der Waals surface area contributed by atoms with Gasteiger partial charge in [-0.15, -0.1) is 11.3 Å². The second kappa shape index (κ2) is 9.61. The molecule has 0 spiro atoms. The Kier molecular flexibility index (Phi) is 8.53. The van der Waals surface area contributed by atoms with Gasteiger partial charge in [-0.2, -0.15) is 0 Å². The van der Waals surface area contributed by atoms with Crippen LogP contribution in [0.1, 0.15) is 38.6 Å². The van der Waals surface area contributed by atoms with Crippen molar-refractivity contribution in [1.29, 1.82) is 0 Å². The van der Waals surface area contributed by atoms with Crippen molar-refractivity contribution in [2.75, 3.05) is 33.4 Å². The topological polar surface area (TPSA) is 50.8 Å². The molecule has 23 heavy (non-hydrogen) atoms. The minimum absolute atomic E-state index is 0.245. The fourth-order valence-corrected chi connectivity index (χ4v) is 3.37. The normalized spacial score (nSPS) is 13.0. The van der Waals surface area contributed by atoms with Gasteiger partial charge in [0.05, 0.1) is 6.61 Å². The van der Waals surface area contributed by atoms with E-state index in [0.717, 1.165) is 4.47 Å². The summed E-state index contributed by atoms with van der Waals surface area (Å²) in [5.74, 6) is 0. The molecule has 1 N–H and O–H groups in total. The Balaban J connectivity index is 2.48. The first-order valence-corrected chi connectivity index (χ1v) is 9.34. The van der Waals surface area contributed by atoms with Gasteiger partial charge in [0.15, 0.2) is 0 Å². The average Bonchev–Trinajstić information content (AvgIpc) is 2.87. The van der Waals surface area contributed by atoms with E-state index in [4.69, 9.17) is 9.47 Å². The van der Waals surface area contributed by atoms with Crippen molar-refractivity contribution < 1.29 is 14.3 Å². The van der Waals surface area contributed by atoms with E-state index < -0.39 is 5.60 Å². The molecule has 0 aliphatic rings. The lowest BCUT2D eigenvalue weighted by Crippen LogP contribution is -2.42. The summed E-state index contributed by atoms with van der Waals surface area (Å²) < 4.78 is 11.6. The lowest BCUT2D eigenvalue weighted by Gasteiger charge is -2.27. The molecule has 1 aromatic heterocycles. The molecule has 1 atom stereocenters. The van der Waals surface area contributed by atoms with E-state index in [-0.39, 0.29) is 12.1 Å². The van der Waals surface area contributed by atoms with E-state index >= 15 is 0 Å². The zero-order valence-electron chi connectivity index (χ0n) is 14.5. The fourth-order valence-electron chi connectivity index (χ4n) is 1.89. The van der Waals surface area contributed by atoms with Gasteiger partial charge in [0.25, 0.3) is 0 Å². The highest BCUT2D eigenvalue weighted by Crippen LogP contribution is 2.25. The van der Waals surface area contributed by atoms with Crippen LogP contribution in [-0.4, -0.2) is 49.9 Å². The number of nitrogens with one attached hydrogen (secondary N) is 1. The van der Waals surface area contributed by atoms with Crippen LogP contribution < -0.4 is 5.32 Å². The molecule has 0 aromatic carbocycles. The Labute approximate surface area is 151 Å². The van der Waals surface area contributed by atoms with E-state index in [1.54, 1.807) is 23.3 Å². The number of carbonyl (C=O) groups is 1. The van der Waals surface area contributed by atoms with Crippen molar-refractivity contribution in [3.05, 3.63) is 20.8 Å². The van der Waals surface area contributed by atoms with Gasteiger partial charge in [-0.25, -0.2) is 4.79 Å². The highest BCUT2D eigenvalue weighted by molar-refractivity contribution is 9.10. The largest absolute Gasteiger partial charge is 0.444 e. The smallest absolute Gasteiger partial charge is 0.410 e. The van der Waals surface area contributed by atoms with E-state index in [0.29, 0.717) is 26.2 Å². The fraction of sp³-hybridized carbons (Fsp3) is 0.688. The van der Waals surface area contributed by atoms with Crippen LogP contribution >= 0.6 is 27.3 Å². The third kappa shape index (κ3) is 8.15. The van der Waals surface area contributed by atoms with Gasteiger partial charge in [-0.05, 0) is 49.7 Å². The molecule has 0 saturated heterocycles. The van der Waals surface area contributed by atoms with Gasteiger partial charge in [0, 0.05) is 47.5 Å². The summed E-state index contributed by atoms with van der Waals surface area (Å²) in [5.41, 5.74) is -0.494. The first-order chi connectivity index (χ1) is 10.7. The summed E-state index contributed by atoms with van der Waals surface area (Å²) >= 11 is 5.18. The van der Waals surface area contributed by atoms with Gasteiger partial charge in [-0.3, -0.25) is 0 Å². The van der Waals surface area contributed by atoms with Crippen LogP contribution in [0.4, 0.5) is 4.79 Å². The van der Waals surface area contributed by atoms with Crippen molar-refractivity contribution in [1.82, 2.24) is 10.2 Å². The van der Waals surface area contributed by atoms with Gasteiger partial charge < -0.3 is 19.7 Å². The Morgan fingerprint density at radius 2 is 2.13 bits per heavy atom. The molecule has 0 radical (unpaired) electrons. The highest BCUT2D eigenvalue weighted by Gasteiger charge is 2.21. The van der Waals surface area contributed by atoms with E-state index in [9.17, 15) is 4.79 Å². The number of amides is 1. The molecule has 0 aliphatic carbocycles. The molecule has 0 aliphatic heterocycles. The zero-order valence-corrected chi connectivity index (χ0v) is 16.9. The number of ether oxygens (including phenoxy) is 2. The molecule has 7 heteroatoms. The van der Waals surface area contributed by atoms with Crippen LogP contribution in [0.15, 0.2) is 15.9 Å². The van der Waals surface area contributed by atoms with Crippen molar-refractivity contribution in [3.63, 3.8) is 0 Å². The minimum Gasteiger partial charge on any atom is -0.444 e. The summed E-state index contributed by atoms with van der Waals surface area (Å²) in [6.45, 7) is 10.0. The first-order valence-electron chi connectivity index (χ1n) is 7.67. The molecule has 1 aromatic rings.